The van der Waals surface area contributed by atoms with Gasteiger partial charge in [0, 0.05) is 19.7 Å². The van der Waals surface area contributed by atoms with Crippen LogP contribution in [0, 0.1) is 11.8 Å². The molecule has 2 heteroatoms. The Morgan fingerprint density at radius 3 is 2.79 bits per heavy atom. The van der Waals surface area contributed by atoms with Crippen LogP contribution in [0.2, 0.25) is 0 Å². The van der Waals surface area contributed by atoms with Gasteiger partial charge in [0.05, 0.1) is 6.61 Å². The Morgan fingerprint density at radius 2 is 2.21 bits per heavy atom. The second-order valence-electron chi connectivity index (χ2n) is 4.69. The molecule has 1 heterocycles. The van der Waals surface area contributed by atoms with E-state index >= 15 is 0 Å². The zero-order valence-corrected chi connectivity index (χ0v) is 9.86. The number of allylic oxidation sites excluding steroid dienone is 1. The van der Waals surface area contributed by atoms with Gasteiger partial charge >= 0.3 is 0 Å². The summed E-state index contributed by atoms with van der Waals surface area (Å²) in [7, 11) is 3.99. The average Bonchev–Trinajstić information content (AvgIpc) is 2.44. The molecule has 0 aromatic heterocycles. The first kappa shape index (κ1) is 11.7. The fourth-order valence-corrected chi connectivity index (χ4v) is 2.07. The minimum absolute atomic E-state index is 0.623. The Kier molecular flexibility index (Phi) is 4.63. The number of hydrogen-bond acceptors (Lipinski definition) is 2. The summed E-state index contributed by atoms with van der Waals surface area (Å²) in [6, 6.07) is 0.623. The summed E-state index contributed by atoms with van der Waals surface area (Å²) >= 11 is 0. The van der Waals surface area contributed by atoms with Crippen molar-refractivity contribution in [1.29, 1.82) is 0 Å². The molecule has 0 bridgehead atoms. The largest absolute Gasteiger partial charge is 0.384 e. The monoisotopic (exact) mass is 197 g/mol. The highest BCUT2D eigenvalue weighted by Crippen LogP contribution is 2.22. The fourth-order valence-electron chi connectivity index (χ4n) is 2.07. The highest BCUT2D eigenvalue weighted by atomic mass is 16.5. The molecule has 1 aliphatic rings. The number of hydrogen-bond donors (Lipinski definition) is 0. The van der Waals surface area contributed by atoms with Crippen LogP contribution in [-0.2, 0) is 4.74 Å². The maximum atomic E-state index is 5.20. The van der Waals surface area contributed by atoms with E-state index in [1.165, 1.54) is 13.0 Å². The first-order chi connectivity index (χ1) is 6.63. The topological polar surface area (TPSA) is 12.5 Å². The first-order valence-corrected chi connectivity index (χ1v) is 5.51. The van der Waals surface area contributed by atoms with Gasteiger partial charge < -0.3 is 4.74 Å². The Labute approximate surface area is 87.9 Å². The van der Waals surface area contributed by atoms with Crippen molar-refractivity contribution in [2.45, 2.75) is 26.3 Å². The van der Waals surface area contributed by atoms with Crippen LogP contribution < -0.4 is 0 Å². The van der Waals surface area contributed by atoms with Crippen molar-refractivity contribution >= 4 is 0 Å². The number of likely N-dealkylation sites (N-methyl/N-ethyl adjacent to an activating group) is 1. The molecular formula is C12H23NO. The van der Waals surface area contributed by atoms with Gasteiger partial charge in [-0.2, -0.15) is 0 Å². The van der Waals surface area contributed by atoms with Crippen molar-refractivity contribution in [2.24, 2.45) is 11.8 Å². The van der Waals surface area contributed by atoms with Crippen LogP contribution in [0.5, 0.6) is 0 Å². The molecule has 14 heavy (non-hydrogen) atoms. The van der Waals surface area contributed by atoms with Crippen LogP contribution in [0.3, 0.4) is 0 Å². The van der Waals surface area contributed by atoms with E-state index < -0.39 is 0 Å². The molecule has 0 aliphatic carbocycles. The molecule has 0 N–H and O–H groups in total. The lowest BCUT2D eigenvalue weighted by Gasteiger charge is -2.15. The normalized spacial score (nSPS) is 29.5. The SMILES string of the molecule is COC[C@H]1CC(/C=C/C(C)C)N(C)C1. The van der Waals surface area contributed by atoms with Gasteiger partial charge in [0.1, 0.15) is 0 Å². The first-order valence-electron chi connectivity index (χ1n) is 5.51. The maximum absolute atomic E-state index is 5.20. The lowest BCUT2D eigenvalue weighted by atomic mass is 10.1. The molecule has 1 unspecified atom stereocenters. The maximum Gasteiger partial charge on any atom is 0.0503 e. The molecule has 2 nitrogen and oxygen atoms in total. The van der Waals surface area contributed by atoms with E-state index in [1.54, 1.807) is 7.11 Å². The predicted octanol–water partition coefficient (Wildman–Crippen LogP) is 2.17. The summed E-state index contributed by atoms with van der Waals surface area (Å²) in [5, 5.41) is 0. The van der Waals surface area contributed by atoms with Crippen molar-refractivity contribution < 1.29 is 4.74 Å². The van der Waals surface area contributed by atoms with E-state index in [-0.39, 0.29) is 0 Å². The molecule has 0 amide bonds. The number of methoxy groups -OCH3 is 1. The van der Waals surface area contributed by atoms with Crippen LogP contribution in [0.25, 0.3) is 0 Å². The summed E-state index contributed by atoms with van der Waals surface area (Å²) in [4.78, 5) is 2.42. The van der Waals surface area contributed by atoms with Gasteiger partial charge in [-0.3, -0.25) is 4.90 Å². The van der Waals surface area contributed by atoms with E-state index in [1.807, 2.05) is 0 Å². The minimum Gasteiger partial charge on any atom is -0.384 e. The second-order valence-corrected chi connectivity index (χ2v) is 4.69. The lowest BCUT2D eigenvalue weighted by molar-refractivity contribution is 0.155. The average molecular weight is 197 g/mol. The molecule has 1 saturated heterocycles. The van der Waals surface area contributed by atoms with Crippen LogP contribution in [0.1, 0.15) is 20.3 Å². The third-order valence-electron chi connectivity index (χ3n) is 2.81. The molecule has 0 radical (unpaired) electrons. The number of likely N-dealkylation sites (tertiary alicyclic amines) is 1. The zero-order chi connectivity index (χ0) is 10.6. The molecule has 0 saturated carbocycles. The van der Waals surface area contributed by atoms with E-state index in [0.29, 0.717) is 17.9 Å². The molecule has 1 rings (SSSR count). The van der Waals surface area contributed by atoms with Crippen LogP contribution in [0.15, 0.2) is 12.2 Å². The third-order valence-corrected chi connectivity index (χ3v) is 2.81. The van der Waals surface area contributed by atoms with Gasteiger partial charge in [0.2, 0.25) is 0 Å². The van der Waals surface area contributed by atoms with Crippen LogP contribution in [0.4, 0.5) is 0 Å². The Hall–Kier alpha value is -0.340. The van der Waals surface area contributed by atoms with Crippen molar-refractivity contribution in [2.75, 3.05) is 27.3 Å². The summed E-state index contributed by atoms with van der Waals surface area (Å²) in [5.41, 5.74) is 0. The Morgan fingerprint density at radius 1 is 1.50 bits per heavy atom. The predicted molar refractivity (Wildman–Crippen MR) is 60.4 cm³/mol. The van der Waals surface area contributed by atoms with Crippen molar-refractivity contribution in [3.8, 4) is 0 Å². The van der Waals surface area contributed by atoms with Gasteiger partial charge in [0.25, 0.3) is 0 Å². The zero-order valence-electron chi connectivity index (χ0n) is 9.86. The minimum atomic E-state index is 0.623. The smallest absolute Gasteiger partial charge is 0.0503 e. The highest BCUT2D eigenvalue weighted by molar-refractivity contribution is 4.99. The second kappa shape index (κ2) is 5.52. The summed E-state index contributed by atoms with van der Waals surface area (Å²) in [6.45, 7) is 6.51. The lowest BCUT2D eigenvalue weighted by Crippen LogP contribution is -2.23. The van der Waals surface area contributed by atoms with E-state index in [4.69, 9.17) is 4.74 Å². The van der Waals surface area contributed by atoms with Gasteiger partial charge in [-0.25, -0.2) is 0 Å². The van der Waals surface area contributed by atoms with Crippen molar-refractivity contribution in [1.82, 2.24) is 4.90 Å². The molecule has 1 aliphatic heterocycles. The standard InChI is InChI=1S/C12H23NO/c1-10(2)5-6-12-7-11(9-14-4)8-13(12)3/h5-6,10-12H,7-9H2,1-4H3/b6-5+/t11-,12?/m0/s1. The van der Waals surface area contributed by atoms with E-state index in [9.17, 15) is 0 Å². The summed E-state index contributed by atoms with van der Waals surface area (Å²) < 4.78 is 5.20. The van der Waals surface area contributed by atoms with Gasteiger partial charge in [-0.05, 0) is 25.3 Å². The van der Waals surface area contributed by atoms with Gasteiger partial charge in [0.15, 0.2) is 0 Å². The third kappa shape index (κ3) is 3.43. The molecule has 2 atom stereocenters. The van der Waals surface area contributed by atoms with Crippen LogP contribution in [-0.4, -0.2) is 38.3 Å². The quantitative estimate of drug-likeness (QED) is 0.640. The van der Waals surface area contributed by atoms with Crippen molar-refractivity contribution in [3.05, 3.63) is 12.2 Å². The fraction of sp³-hybridized carbons (Fsp3) is 0.833. The molecule has 0 aromatic rings. The molecular weight excluding hydrogens is 174 g/mol. The Bertz CT molecular complexity index is 189. The van der Waals surface area contributed by atoms with E-state index in [2.05, 4.69) is 37.9 Å². The van der Waals surface area contributed by atoms with Crippen LogP contribution >= 0.6 is 0 Å². The molecule has 0 aromatic carbocycles. The summed E-state index contributed by atoms with van der Waals surface area (Å²) in [6.07, 6.45) is 5.89. The van der Waals surface area contributed by atoms with E-state index in [0.717, 1.165) is 6.61 Å². The molecule has 1 fully saturated rings. The molecule has 0 spiro atoms. The van der Waals surface area contributed by atoms with Gasteiger partial charge in [-0.15, -0.1) is 0 Å². The van der Waals surface area contributed by atoms with Gasteiger partial charge in [-0.1, -0.05) is 26.0 Å². The molecule has 82 valence electrons. The van der Waals surface area contributed by atoms with Crippen molar-refractivity contribution in [3.63, 3.8) is 0 Å². The Balaban J connectivity index is 2.40. The number of rotatable bonds is 4. The number of nitrogens with zero attached hydrogens (tertiary/aromatic N) is 1. The number of ether oxygens (including phenoxy) is 1. The highest BCUT2D eigenvalue weighted by Gasteiger charge is 2.27. The summed E-state index contributed by atoms with van der Waals surface area (Å²) in [5.74, 6) is 1.37.